The fourth-order valence-corrected chi connectivity index (χ4v) is 2.78. The first-order chi connectivity index (χ1) is 8.58. The van der Waals surface area contributed by atoms with Crippen LogP contribution in [0, 0.1) is 6.92 Å². The minimum Gasteiger partial charge on any atom is -0.398 e. The molecule has 2 rings (SSSR count). The Kier molecular flexibility index (Phi) is 4.14. The lowest BCUT2D eigenvalue weighted by atomic mass is 10.1. The number of hydrogen-bond acceptors (Lipinski definition) is 4. The van der Waals surface area contributed by atoms with Gasteiger partial charge in [0.25, 0.3) is 0 Å². The van der Waals surface area contributed by atoms with Crippen molar-refractivity contribution < 1.29 is 9.53 Å². The molecule has 1 aromatic carbocycles. The molecule has 1 unspecified atom stereocenters. The molecule has 1 heterocycles. The van der Waals surface area contributed by atoms with Crippen molar-refractivity contribution in [2.45, 2.75) is 24.3 Å². The molecule has 4 nitrogen and oxygen atoms in total. The lowest BCUT2D eigenvalue weighted by Crippen LogP contribution is -2.34. The lowest BCUT2D eigenvalue weighted by molar-refractivity contribution is -0.115. The molecule has 5 heteroatoms. The highest BCUT2D eigenvalue weighted by atomic mass is 32.2. The molecule has 0 aromatic heterocycles. The van der Waals surface area contributed by atoms with Gasteiger partial charge in [0.05, 0.1) is 23.7 Å². The number of amides is 1. The van der Waals surface area contributed by atoms with Crippen LogP contribution in [-0.4, -0.2) is 29.6 Å². The Hall–Kier alpha value is -1.20. The van der Waals surface area contributed by atoms with Crippen LogP contribution in [0.3, 0.4) is 0 Å². The molecule has 0 radical (unpaired) electrons. The monoisotopic (exact) mass is 266 g/mol. The van der Waals surface area contributed by atoms with Gasteiger partial charge in [0.2, 0.25) is 5.91 Å². The molecule has 1 aromatic rings. The second kappa shape index (κ2) is 5.63. The van der Waals surface area contributed by atoms with E-state index in [9.17, 15) is 4.79 Å². The quantitative estimate of drug-likeness (QED) is 0.819. The minimum absolute atomic E-state index is 0.0144. The van der Waals surface area contributed by atoms with Crippen LogP contribution < -0.4 is 11.1 Å². The number of nitrogens with one attached hydrogen (secondary N) is 1. The zero-order valence-corrected chi connectivity index (χ0v) is 11.4. The van der Waals surface area contributed by atoms with Gasteiger partial charge in [-0.3, -0.25) is 4.79 Å². The number of thioether (sulfide) groups is 1. The minimum atomic E-state index is -0.0836. The van der Waals surface area contributed by atoms with Crippen LogP contribution in [0.15, 0.2) is 18.2 Å². The van der Waals surface area contributed by atoms with Crippen molar-refractivity contribution in [3.05, 3.63) is 23.8 Å². The fraction of sp³-hybridized carbons (Fsp3) is 0.462. The van der Waals surface area contributed by atoms with Gasteiger partial charge in [-0.05, 0) is 31.5 Å². The first-order valence-corrected chi connectivity index (χ1v) is 6.91. The number of anilines is 2. The van der Waals surface area contributed by atoms with Gasteiger partial charge in [-0.25, -0.2) is 0 Å². The largest absolute Gasteiger partial charge is 0.398 e. The van der Waals surface area contributed by atoms with Crippen molar-refractivity contribution in [3.8, 4) is 0 Å². The summed E-state index contributed by atoms with van der Waals surface area (Å²) in [5, 5.41) is 3.29. The molecule has 1 amide bonds. The van der Waals surface area contributed by atoms with E-state index < -0.39 is 0 Å². The van der Waals surface area contributed by atoms with Crippen LogP contribution in [0.25, 0.3) is 0 Å². The lowest BCUT2D eigenvalue weighted by Gasteiger charge is -2.27. The molecule has 1 fully saturated rings. The van der Waals surface area contributed by atoms with Crippen LogP contribution >= 0.6 is 11.8 Å². The van der Waals surface area contributed by atoms with Gasteiger partial charge in [0.15, 0.2) is 0 Å². The summed E-state index contributed by atoms with van der Waals surface area (Å²) in [7, 11) is 0. The van der Waals surface area contributed by atoms with Crippen molar-refractivity contribution in [2.24, 2.45) is 0 Å². The number of ether oxygens (including phenoxy) is 1. The summed E-state index contributed by atoms with van der Waals surface area (Å²) < 4.78 is 5.10. The summed E-state index contributed by atoms with van der Waals surface area (Å²) in [4.78, 5) is 12.0. The van der Waals surface area contributed by atoms with Gasteiger partial charge in [-0.2, -0.15) is 0 Å². The number of carbonyl (C=O) groups is 1. The standard InChI is InChI=1S/C13H18N2O2S/c1-8-11(14)4-3-5-12(8)15-13(16)9(2)18-10-6-17-7-10/h3-5,9-10H,6-7,14H2,1-2H3,(H,15,16). The average Bonchev–Trinajstić information content (AvgIpc) is 2.29. The van der Waals surface area contributed by atoms with Gasteiger partial charge in [-0.15, -0.1) is 11.8 Å². The Morgan fingerprint density at radius 1 is 1.56 bits per heavy atom. The summed E-state index contributed by atoms with van der Waals surface area (Å²) in [6.45, 7) is 5.32. The Balaban J connectivity index is 1.95. The molecule has 0 spiro atoms. The first-order valence-electron chi connectivity index (χ1n) is 5.97. The van der Waals surface area contributed by atoms with Crippen LogP contribution in [0.1, 0.15) is 12.5 Å². The number of carbonyl (C=O) groups excluding carboxylic acids is 1. The Morgan fingerprint density at radius 2 is 2.28 bits per heavy atom. The van der Waals surface area contributed by atoms with E-state index in [-0.39, 0.29) is 11.2 Å². The predicted octanol–water partition coefficient (Wildman–Crippen LogP) is 2.04. The highest BCUT2D eigenvalue weighted by molar-refractivity contribution is 8.01. The molecule has 0 aliphatic carbocycles. The third-order valence-electron chi connectivity index (χ3n) is 3.01. The normalized spacial score (nSPS) is 17.0. The van der Waals surface area contributed by atoms with Crippen LogP contribution in [-0.2, 0) is 9.53 Å². The number of nitrogen functional groups attached to an aromatic ring is 1. The highest BCUT2D eigenvalue weighted by Gasteiger charge is 2.25. The molecular formula is C13H18N2O2S. The van der Waals surface area contributed by atoms with Crippen molar-refractivity contribution in [1.29, 1.82) is 0 Å². The van der Waals surface area contributed by atoms with Gasteiger partial charge in [0, 0.05) is 11.4 Å². The summed E-state index contributed by atoms with van der Waals surface area (Å²) in [6, 6.07) is 5.54. The maximum absolute atomic E-state index is 12.0. The van der Waals surface area contributed by atoms with E-state index in [1.165, 1.54) is 0 Å². The molecule has 3 N–H and O–H groups in total. The van der Waals surface area contributed by atoms with Gasteiger partial charge in [0.1, 0.15) is 0 Å². The van der Waals surface area contributed by atoms with Gasteiger partial charge in [-0.1, -0.05) is 6.07 Å². The molecule has 1 saturated heterocycles. The maximum atomic E-state index is 12.0. The first kappa shape index (κ1) is 13.2. The van der Waals surface area contributed by atoms with Crippen molar-refractivity contribution >= 4 is 29.0 Å². The number of nitrogens with two attached hydrogens (primary N) is 1. The molecule has 1 atom stereocenters. The third kappa shape index (κ3) is 2.97. The Morgan fingerprint density at radius 3 is 2.89 bits per heavy atom. The molecule has 98 valence electrons. The smallest absolute Gasteiger partial charge is 0.237 e. The molecule has 0 saturated carbocycles. The van der Waals surface area contributed by atoms with Gasteiger partial charge >= 0.3 is 0 Å². The summed E-state index contributed by atoms with van der Waals surface area (Å²) >= 11 is 1.66. The zero-order chi connectivity index (χ0) is 13.1. The van der Waals surface area contributed by atoms with Gasteiger partial charge < -0.3 is 15.8 Å². The molecule has 18 heavy (non-hydrogen) atoms. The van der Waals surface area contributed by atoms with E-state index in [0.29, 0.717) is 10.9 Å². The van der Waals surface area contributed by atoms with Crippen LogP contribution in [0.2, 0.25) is 0 Å². The third-order valence-corrected chi connectivity index (χ3v) is 4.29. The van der Waals surface area contributed by atoms with Crippen LogP contribution in [0.5, 0.6) is 0 Å². The molecular weight excluding hydrogens is 248 g/mol. The molecule has 1 aliphatic heterocycles. The van der Waals surface area contributed by atoms with E-state index in [0.717, 1.165) is 24.5 Å². The maximum Gasteiger partial charge on any atom is 0.237 e. The van der Waals surface area contributed by atoms with Crippen molar-refractivity contribution in [2.75, 3.05) is 24.3 Å². The average molecular weight is 266 g/mol. The predicted molar refractivity (Wildman–Crippen MR) is 75.9 cm³/mol. The van der Waals surface area contributed by atoms with E-state index in [2.05, 4.69) is 5.32 Å². The van der Waals surface area contributed by atoms with Crippen molar-refractivity contribution in [1.82, 2.24) is 0 Å². The van der Waals surface area contributed by atoms with E-state index >= 15 is 0 Å². The topological polar surface area (TPSA) is 64.3 Å². The zero-order valence-electron chi connectivity index (χ0n) is 10.6. The molecule has 1 aliphatic rings. The van der Waals surface area contributed by atoms with E-state index in [4.69, 9.17) is 10.5 Å². The van der Waals surface area contributed by atoms with E-state index in [1.54, 1.807) is 11.8 Å². The SMILES string of the molecule is Cc1c(N)cccc1NC(=O)C(C)SC1COC1. The summed E-state index contributed by atoms with van der Waals surface area (Å²) in [5.41, 5.74) is 8.21. The summed E-state index contributed by atoms with van der Waals surface area (Å²) in [6.07, 6.45) is 0. The number of hydrogen-bond donors (Lipinski definition) is 2. The highest BCUT2D eigenvalue weighted by Crippen LogP contribution is 2.26. The Labute approximate surface area is 111 Å². The van der Waals surface area contributed by atoms with E-state index in [1.807, 2.05) is 32.0 Å². The summed E-state index contributed by atoms with van der Waals surface area (Å²) in [5.74, 6) is 0.0144. The molecule has 0 bridgehead atoms. The second-order valence-corrected chi connectivity index (χ2v) is 6.09. The fourth-order valence-electron chi connectivity index (χ4n) is 1.67. The van der Waals surface area contributed by atoms with Crippen LogP contribution in [0.4, 0.5) is 11.4 Å². The van der Waals surface area contributed by atoms with Crippen molar-refractivity contribution in [3.63, 3.8) is 0 Å². The second-order valence-electron chi connectivity index (χ2n) is 4.45. The Bertz CT molecular complexity index is 447. The number of rotatable bonds is 4. The number of benzene rings is 1.